The SMILES string of the molecule is COc1cc(OC)c(-c2nncn2CC(C)C)cc1C=CC(=O)c1ccc(S(N)(=O)=O)cc1. The van der Waals surface area contributed by atoms with Gasteiger partial charge in [-0.05, 0) is 48.4 Å². The maximum Gasteiger partial charge on any atom is 0.238 e. The van der Waals surface area contributed by atoms with E-state index in [-0.39, 0.29) is 10.7 Å². The molecule has 0 bridgehead atoms. The van der Waals surface area contributed by atoms with Crippen LogP contribution < -0.4 is 14.6 Å². The van der Waals surface area contributed by atoms with Gasteiger partial charge in [-0.1, -0.05) is 13.8 Å². The summed E-state index contributed by atoms with van der Waals surface area (Å²) in [5, 5.41) is 13.4. The number of rotatable bonds is 9. The van der Waals surface area contributed by atoms with E-state index in [2.05, 4.69) is 24.0 Å². The summed E-state index contributed by atoms with van der Waals surface area (Å²) in [4.78, 5) is 12.6. The standard InChI is InChI=1S/C23H26N4O5S/c1-15(2)13-27-14-25-26-23(27)19-11-17(21(31-3)12-22(19)32-4)7-10-20(28)16-5-8-18(9-6-16)33(24,29)30/h5-12,14-15H,13H2,1-4H3,(H2,24,29,30). The van der Waals surface area contributed by atoms with E-state index in [0.717, 1.165) is 6.54 Å². The maximum atomic E-state index is 12.6. The highest BCUT2D eigenvalue weighted by Crippen LogP contribution is 2.36. The van der Waals surface area contributed by atoms with Crippen LogP contribution in [-0.4, -0.2) is 43.2 Å². The summed E-state index contributed by atoms with van der Waals surface area (Å²) in [7, 11) is -0.735. The van der Waals surface area contributed by atoms with Crippen LogP contribution in [0.1, 0.15) is 29.8 Å². The van der Waals surface area contributed by atoms with Gasteiger partial charge in [0.1, 0.15) is 17.8 Å². The van der Waals surface area contributed by atoms with E-state index in [0.29, 0.717) is 39.9 Å². The van der Waals surface area contributed by atoms with Crippen LogP contribution in [-0.2, 0) is 16.6 Å². The van der Waals surface area contributed by atoms with Crippen LogP contribution in [0.4, 0.5) is 0 Å². The number of carbonyl (C=O) groups excluding carboxylic acids is 1. The normalized spacial score (nSPS) is 11.8. The summed E-state index contributed by atoms with van der Waals surface area (Å²) in [5.41, 5.74) is 1.67. The maximum absolute atomic E-state index is 12.6. The Bertz CT molecular complexity index is 1280. The molecule has 0 unspecified atom stereocenters. The first-order valence-corrected chi connectivity index (χ1v) is 11.7. The Kier molecular flexibility index (Phi) is 7.29. The topological polar surface area (TPSA) is 126 Å². The number of primary sulfonamides is 1. The van der Waals surface area contributed by atoms with Gasteiger partial charge in [0.25, 0.3) is 0 Å². The molecule has 33 heavy (non-hydrogen) atoms. The van der Waals surface area contributed by atoms with Gasteiger partial charge in [-0.3, -0.25) is 4.79 Å². The van der Waals surface area contributed by atoms with Crippen LogP contribution in [0.15, 0.2) is 53.7 Å². The average molecular weight is 471 g/mol. The van der Waals surface area contributed by atoms with E-state index < -0.39 is 10.0 Å². The molecule has 3 rings (SSSR count). The number of nitrogens with zero attached hydrogens (tertiary/aromatic N) is 3. The second-order valence-corrected chi connectivity index (χ2v) is 9.32. The minimum Gasteiger partial charge on any atom is -0.496 e. The molecule has 0 saturated heterocycles. The number of methoxy groups -OCH3 is 2. The van der Waals surface area contributed by atoms with Gasteiger partial charge in [-0.15, -0.1) is 10.2 Å². The monoisotopic (exact) mass is 470 g/mol. The Morgan fingerprint density at radius 3 is 2.36 bits per heavy atom. The van der Waals surface area contributed by atoms with Crippen LogP contribution in [0.25, 0.3) is 17.5 Å². The van der Waals surface area contributed by atoms with Gasteiger partial charge >= 0.3 is 0 Å². The third kappa shape index (κ3) is 5.65. The predicted octanol–water partition coefficient (Wildman–Crippen LogP) is 3.16. The fraction of sp³-hybridized carbons (Fsp3) is 0.261. The van der Waals surface area contributed by atoms with Crippen molar-refractivity contribution in [2.45, 2.75) is 25.3 Å². The molecular weight excluding hydrogens is 444 g/mol. The first-order valence-electron chi connectivity index (χ1n) is 10.1. The summed E-state index contributed by atoms with van der Waals surface area (Å²) in [5.74, 6) is 1.80. The molecule has 3 aromatic rings. The van der Waals surface area contributed by atoms with Gasteiger partial charge in [0, 0.05) is 23.7 Å². The molecule has 2 N–H and O–H groups in total. The summed E-state index contributed by atoms with van der Waals surface area (Å²) in [6, 6.07) is 8.98. The Labute approximate surface area is 192 Å². The fourth-order valence-corrected chi connectivity index (χ4v) is 3.81. The van der Waals surface area contributed by atoms with Crippen LogP contribution >= 0.6 is 0 Å². The molecule has 0 saturated carbocycles. The Morgan fingerprint density at radius 2 is 1.79 bits per heavy atom. The smallest absolute Gasteiger partial charge is 0.238 e. The largest absolute Gasteiger partial charge is 0.496 e. The first-order chi connectivity index (χ1) is 15.6. The molecular formula is C23H26N4O5S. The minimum absolute atomic E-state index is 0.0602. The third-order valence-corrected chi connectivity index (χ3v) is 5.78. The highest BCUT2D eigenvalue weighted by molar-refractivity contribution is 7.89. The van der Waals surface area contributed by atoms with Gasteiger partial charge in [0.2, 0.25) is 10.0 Å². The Balaban J connectivity index is 1.97. The van der Waals surface area contributed by atoms with Crippen molar-refractivity contribution in [2.24, 2.45) is 11.1 Å². The molecule has 174 valence electrons. The average Bonchev–Trinajstić information content (AvgIpc) is 3.23. The summed E-state index contributed by atoms with van der Waals surface area (Å²) >= 11 is 0. The van der Waals surface area contributed by atoms with E-state index in [4.69, 9.17) is 14.6 Å². The second kappa shape index (κ2) is 9.97. The molecule has 0 aliphatic carbocycles. The van der Waals surface area contributed by atoms with E-state index in [1.807, 2.05) is 10.6 Å². The van der Waals surface area contributed by atoms with Crippen molar-refractivity contribution in [1.29, 1.82) is 0 Å². The van der Waals surface area contributed by atoms with Crippen LogP contribution in [0, 0.1) is 5.92 Å². The van der Waals surface area contributed by atoms with Gasteiger partial charge in [-0.25, -0.2) is 13.6 Å². The van der Waals surface area contributed by atoms with Crippen molar-refractivity contribution in [1.82, 2.24) is 14.8 Å². The number of hydrogen-bond acceptors (Lipinski definition) is 7. The van der Waals surface area contributed by atoms with E-state index >= 15 is 0 Å². The number of ether oxygens (including phenoxy) is 2. The minimum atomic E-state index is -3.82. The number of nitrogens with two attached hydrogens (primary N) is 1. The number of carbonyl (C=O) groups is 1. The van der Waals surface area contributed by atoms with Crippen molar-refractivity contribution in [3.8, 4) is 22.9 Å². The van der Waals surface area contributed by atoms with Crippen molar-refractivity contribution >= 4 is 21.9 Å². The molecule has 9 nitrogen and oxygen atoms in total. The lowest BCUT2D eigenvalue weighted by molar-refractivity contribution is 0.104. The molecule has 10 heteroatoms. The molecule has 0 radical (unpaired) electrons. The lowest BCUT2D eigenvalue weighted by atomic mass is 10.0. The van der Waals surface area contributed by atoms with Crippen LogP contribution in [0.5, 0.6) is 11.5 Å². The number of hydrogen-bond donors (Lipinski definition) is 1. The lowest BCUT2D eigenvalue weighted by Crippen LogP contribution is -2.12. The van der Waals surface area contributed by atoms with Crippen molar-refractivity contribution in [3.05, 3.63) is 59.9 Å². The highest BCUT2D eigenvalue weighted by Gasteiger charge is 2.17. The number of ketones is 1. The van der Waals surface area contributed by atoms with Crippen molar-refractivity contribution in [2.75, 3.05) is 14.2 Å². The van der Waals surface area contributed by atoms with Crippen LogP contribution in [0.2, 0.25) is 0 Å². The number of aromatic nitrogens is 3. The van der Waals surface area contributed by atoms with Gasteiger partial charge in [-0.2, -0.15) is 0 Å². The zero-order chi connectivity index (χ0) is 24.2. The Morgan fingerprint density at radius 1 is 1.12 bits per heavy atom. The van der Waals surface area contributed by atoms with E-state index in [9.17, 15) is 13.2 Å². The summed E-state index contributed by atoms with van der Waals surface area (Å²) in [6.45, 7) is 4.93. The first kappa shape index (κ1) is 24.1. The van der Waals surface area contributed by atoms with Crippen LogP contribution in [0.3, 0.4) is 0 Å². The Hall–Kier alpha value is -3.50. The number of sulfonamides is 1. The molecule has 0 atom stereocenters. The molecule has 0 fully saturated rings. The predicted molar refractivity (Wildman–Crippen MR) is 125 cm³/mol. The van der Waals surface area contributed by atoms with Crippen molar-refractivity contribution < 1.29 is 22.7 Å². The third-order valence-electron chi connectivity index (χ3n) is 4.85. The molecule has 0 amide bonds. The van der Waals surface area contributed by atoms with Gasteiger partial charge < -0.3 is 14.0 Å². The van der Waals surface area contributed by atoms with E-state index in [1.54, 1.807) is 25.6 Å². The van der Waals surface area contributed by atoms with Gasteiger partial charge in [0.05, 0.1) is 24.7 Å². The summed E-state index contributed by atoms with van der Waals surface area (Å²) in [6.07, 6.45) is 4.68. The fourth-order valence-electron chi connectivity index (χ4n) is 3.29. The zero-order valence-corrected chi connectivity index (χ0v) is 19.7. The molecule has 0 spiro atoms. The van der Waals surface area contributed by atoms with E-state index in [1.165, 1.54) is 37.5 Å². The second-order valence-electron chi connectivity index (χ2n) is 7.76. The van der Waals surface area contributed by atoms with Crippen molar-refractivity contribution in [3.63, 3.8) is 0 Å². The lowest BCUT2D eigenvalue weighted by Gasteiger charge is -2.15. The molecule has 1 heterocycles. The molecule has 0 aliphatic rings. The highest BCUT2D eigenvalue weighted by atomic mass is 32.2. The molecule has 1 aromatic heterocycles. The van der Waals surface area contributed by atoms with Gasteiger partial charge in [0.15, 0.2) is 11.6 Å². The quantitative estimate of drug-likeness (QED) is 0.376. The number of benzene rings is 2. The summed E-state index contributed by atoms with van der Waals surface area (Å²) < 4.78 is 35.8. The molecule has 2 aromatic carbocycles. The number of allylic oxidation sites excluding steroid dienone is 1. The molecule has 0 aliphatic heterocycles. The zero-order valence-electron chi connectivity index (χ0n) is 18.8.